The molecule has 1 N–H and O–H groups in total. The third-order valence-electron chi connectivity index (χ3n) is 3.24. The van der Waals surface area contributed by atoms with Gasteiger partial charge in [0.1, 0.15) is 6.10 Å². The molecule has 0 radical (unpaired) electrons. The molecular formula is C15H13F3N2O4. The largest absolute Gasteiger partial charge is 0.480 e. The van der Waals surface area contributed by atoms with E-state index in [2.05, 4.69) is 6.58 Å². The number of halogens is 3. The second-order valence-corrected chi connectivity index (χ2v) is 5.11. The average Bonchev–Trinajstić information content (AvgIpc) is 2.87. The van der Waals surface area contributed by atoms with Crippen molar-refractivity contribution in [1.82, 2.24) is 4.90 Å². The molecule has 1 fully saturated rings. The van der Waals surface area contributed by atoms with Crippen LogP contribution in [0, 0.1) is 11.3 Å². The highest BCUT2D eigenvalue weighted by molar-refractivity contribution is 5.66. The van der Waals surface area contributed by atoms with E-state index in [1.54, 1.807) is 6.07 Å². The Labute approximate surface area is 135 Å². The molecule has 2 rings (SSSR count). The number of nitrogens with zero attached hydrogens (tertiary/aromatic N) is 2. The summed E-state index contributed by atoms with van der Waals surface area (Å²) >= 11 is 0. The molecule has 128 valence electrons. The van der Waals surface area contributed by atoms with Gasteiger partial charge in [0.25, 0.3) is 0 Å². The van der Waals surface area contributed by atoms with Crippen LogP contribution in [0.4, 0.5) is 18.0 Å². The summed E-state index contributed by atoms with van der Waals surface area (Å²) in [5.41, 5.74) is 0.584. The van der Waals surface area contributed by atoms with E-state index >= 15 is 0 Å². The first kappa shape index (κ1) is 17.5. The van der Waals surface area contributed by atoms with E-state index in [-0.39, 0.29) is 30.2 Å². The monoisotopic (exact) mass is 342 g/mol. The summed E-state index contributed by atoms with van der Waals surface area (Å²) in [6, 6.07) is 5.60. The second-order valence-electron chi connectivity index (χ2n) is 5.11. The van der Waals surface area contributed by atoms with Crippen LogP contribution in [0.5, 0.6) is 11.5 Å². The zero-order chi connectivity index (χ0) is 17.9. The van der Waals surface area contributed by atoms with Gasteiger partial charge < -0.3 is 19.5 Å². The van der Waals surface area contributed by atoms with Crippen molar-refractivity contribution in [1.29, 1.82) is 5.26 Å². The maximum absolute atomic E-state index is 12.3. The van der Waals surface area contributed by atoms with Crippen molar-refractivity contribution in [2.24, 2.45) is 0 Å². The Balaban J connectivity index is 2.18. The number of hydrogen-bond acceptors (Lipinski definition) is 4. The molecule has 1 saturated heterocycles. The van der Waals surface area contributed by atoms with Crippen molar-refractivity contribution in [3.8, 4) is 17.6 Å². The lowest BCUT2D eigenvalue weighted by Crippen LogP contribution is -2.29. The number of likely N-dealkylation sites (tertiary alicyclic amines) is 1. The van der Waals surface area contributed by atoms with Crippen molar-refractivity contribution < 1.29 is 32.5 Å². The number of ether oxygens (including phenoxy) is 2. The molecule has 1 aromatic rings. The molecule has 0 bridgehead atoms. The minimum atomic E-state index is -4.54. The zero-order valence-electron chi connectivity index (χ0n) is 12.3. The van der Waals surface area contributed by atoms with Gasteiger partial charge in [0.05, 0.1) is 18.2 Å². The minimum Gasteiger partial charge on any atom is -0.480 e. The van der Waals surface area contributed by atoms with E-state index in [4.69, 9.17) is 19.8 Å². The van der Waals surface area contributed by atoms with Gasteiger partial charge >= 0.3 is 12.3 Å². The summed E-state index contributed by atoms with van der Waals surface area (Å²) in [4.78, 5) is 12.0. The maximum atomic E-state index is 12.3. The first-order valence-corrected chi connectivity index (χ1v) is 6.75. The van der Waals surface area contributed by atoms with Gasteiger partial charge in [-0.3, -0.25) is 0 Å². The van der Waals surface area contributed by atoms with Crippen LogP contribution >= 0.6 is 0 Å². The lowest BCUT2D eigenvalue weighted by molar-refractivity contribution is -0.153. The van der Waals surface area contributed by atoms with E-state index in [1.807, 2.05) is 0 Å². The SMILES string of the molecule is C=C1CN(C(=O)O)C[C@@H]1Oc1ccc(C#N)cc1OCC(F)(F)F. The van der Waals surface area contributed by atoms with Gasteiger partial charge in [0.2, 0.25) is 0 Å². The van der Waals surface area contributed by atoms with Crippen LogP contribution in [0.3, 0.4) is 0 Å². The van der Waals surface area contributed by atoms with Gasteiger partial charge in [-0.1, -0.05) is 6.58 Å². The smallest absolute Gasteiger partial charge is 0.422 e. The predicted molar refractivity (Wildman–Crippen MR) is 75.9 cm³/mol. The molecule has 0 aromatic heterocycles. The van der Waals surface area contributed by atoms with Gasteiger partial charge in [0.15, 0.2) is 18.1 Å². The Morgan fingerprint density at radius 2 is 2.17 bits per heavy atom. The molecule has 0 unspecified atom stereocenters. The number of rotatable bonds is 4. The first-order chi connectivity index (χ1) is 11.2. The average molecular weight is 342 g/mol. The Morgan fingerprint density at radius 3 is 2.71 bits per heavy atom. The van der Waals surface area contributed by atoms with E-state index in [0.29, 0.717) is 5.57 Å². The predicted octanol–water partition coefficient (Wildman–Crippen LogP) is 2.80. The van der Waals surface area contributed by atoms with E-state index in [0.717, 1.165) is 11.0 Å². The molecule has 0 saturated carbocycles. The summed E-state index contributed by atoms with van der Waals surface area (Å²) < 4.78 is 47.3. The molecule has 1 aromatic carbocycles. The maximum Gasteiger partial charge on any atom is 0.422 e. The fourth-order valence-corrected chi connectivity index (χ4v) is 2.11. The molecule has 1 heterocycles. The van der Waals surface area contributed by atoms with Gasteiger partial charge in [0, 0.05) is 12.6 Å². The third-order valence-corrected chi connectivity index (χ3v) is 3.24. The van der Waals surface area contributed by atoms with Crippen LogP contribution in [0.1, 0.15) is 5.56 Å². The van der Waals surface area contributed by atoms with Gasteiger partial charge in [-0.25, -0.2) is 4.79 Å². The van der Waals surface area contributed by atoms with Crippen LogP contribution in [0.15, 0.2) is 30.4 Å². The fraction of sp³-hybridized carbons (Fsp3) is 0.333. The van der Waals surface area contributed by atoms with E-state index in [9.17, 15) is 18.0 Å². The van der Waals surface area contributed by atoms with Crippen molar-refractivity contribution in [3.63, 3.8) is 0 Å². The Kier molecular flexibility index (Phi) is 4.87. The molecule has 1 atom stereocenters. The molecule has 0 spiro atoms. The lowest BCUT2D eigenvalue weighted by atomic mass is 10.2. The normalized spacial score (nSPS) is 17.5. The fourth-order valence-electron chi connectivity index (χ4n) is 2.11. The molecule has 24 heavy (non-hydrogen) atoms. The van der Waals surface area contributed by atoms with Crippen molar-refractivity contribution >= 4 is 6.09 Å². The summed E-state index contributed by atoms with van der Waals surface area (Å²) in [5.74, 6) is -0.260. The summed E-state index contributed by atoms with van der Waals surface area (Å²) in [6.07, 6.45) is -6.39. The van der Waals surface area contributed by atoms with E-state index < -0.39 is 25.0 Å². The highest BCUT2D eigenvalue weighted by atomic mass is 19.4. The first-order valence-electron chi connectivity index (χ1n) is 6.75. The number of carbonyl (C=O) groups is 1. The number of benzene rings is 1. The molecule has 1 amide bonds. The second kappa shape index (κ2) is 6.70. The van der Waals surface area contributed by atoms with Crippen LogP contribution in [0.2, 0.25) is 0 Å². The Bertz CT molecular complexity index is 697. The molecule has 6 nitrogen and oxygen atoms in total. The number of carboxylic acid groups (broad SMARTS) is 1. The molecular weight excluding hydrogens is 329 g/mol. The topological polar surface area (TPSA) is 82.8 Å². The highest BCUT2D eigenvalue weighted by Crippen LogP contribution is 2.32. The molecule has 1 aliphatic rings. The molecule has 0 aliphatic carbocycles. The minimum absolute atomic E-state index is 0.00682. The zero-order valence-corrected chi connectivity index (χ0v) is 12.3. The van der Waals surface area contributed by atoms with Crippen molar-refractivity contribution in [2.75, 3.05) is 19.7 Å². The van der Waals surface area contributed by atoms with Crippen LogP contribution in [-0.2, 0) is 0 Å². The lowest BCUT2D eigenvalue weighted by Gasteiger charge is -2.18. The van der Waals surface area contributed by atoms with Gasteiger partial charge in [-0.15, -0.1) is 0 Å². The van der Waals surface area contributed by atoms with Crippen LogP contribution in [0.25, 0.3) is 0 Å². The van der Waals surface area contributed by atoms with E-state index in [1.165, 1.54) is 12.1 Å². The van der Waals surface area contributed by atoms with Crippen LogP contribution in [-0.4, -0.2) is 48.1 Å². The number of amides is 1. The summed E-state index contributed by atoms with van der Waals surface area (Å²) in [7, 11) is 0. The number of hydrogen-bond donors (Lipinski definition) is 1. The molecule has 9 heteroatoms. The van der Waals surface area contributed by atoms with Gasteiger partial charge in [-0.05, 0) is 17.7 Å². The van der Waals surface area contributed by atoms with Gasteiger partial charge in [-0.2, -0.15) is 18.4 Å². The number of alkyl halides is 3. The summed E-state index contributed by atoms with van der Waals surface area (Å²) in [6.45, 7) is 2.26. The standard InChI is InChI=1S/C15H13F3N2O4/c1-9-6-20(14(21)22)7-13(9)24-11-3-2-10(5-19)4-12(11)23-8-15(16,17)18/h2-4,13H,1,6-8H2,(H,21,22)/t13-/m0/s1. The van der Waals surface area contributed by atoms with Crippen molar-refractivity contribution in [2.45, 2.75) is 12.3 Å². The number of nitriles is 1. The van der Waals surface area contributed by atoms with Crippen molar-refractivity contribution in [3.05, 3.63) is 35.9 Å². The Morgan fingerprint density at radius 1 is 1.46 bits per heavy atom. The van der Waals surface area contributed by atoms with Crippen LogP contribution < -0.4 is 9.47 Å². The highest BCUT2D eigenvalue weighted by Gasteiger charge is 2.32. The molecule has 1 aliphatic heterocycles. The quantitative estimate of drug-likeness (QED) is 0.851. The Hall–Kier alpha value is -2.89. The third kappa shape index (κ3) is 4.32. The summed E-state index contributed by atoms with van der Waals surface area (Å²) in [5, 5.41) is 17.8.